The van der Waals surface area contributed by atoms with E-state index in [1.807, 2.05) is 24.3 Å². The van der Waals surface area contributed by atoms with Crippen LogP contribution in [0.4, 0.5) is 5.69 Å². The van der Waals surface area contributed by atoms with Crippen molar-refractivity contribution in [2.75, 3.05) is 29.5 Å². The van der Waals surface area contributed by atoms with Gasteiger partial charge in [0.2, 0.25) is 0 Å². The van der Waals surface area contributed by atoms with Gasteiger partial charge in [0.15, 0.2) is 6.19 Å². The number of nitriles is 2. The van der Waals surface area contributed by atoms with Crippen LogP contribution in [0.5, 0.6) is 0 Å². The van der Waals surface area contributed by atoms with Crippen molar-refractivity contribution in [1.29, 1.82) is 10.5 Å². The Morgan fingerprint density at radius 1 is 1.00 bits per heavy atom. The summed E-state index contributed by atoms with van der Waals surface area (Å²) in [5, 5.41) is 18.3. The lowest BCUT2D eigenvalue weighted by atomic mass is 9.95. The lowest BCUT2D eigenvalue weighted by Crippen LogP contribution is -2.37. The maximum atomic E-state index is 11.7. The summed E-state index contributed by atoms with van der Waals surface area (Å²) in [4.78, 5) is 4.04. The molecule has 0 atom stereocenters. The SMILES string of the molecule is N#Cc1ccc(-c2cc(N3CCS(=O)CC3)cc3c2CN(C#N)C3)cc1. The first-order chi connectivity index (χ1) is 12.7. The Bertz CT molecular complexity index is 946. The van der Waals surface area contributed by atoms with E-state index in [-0.39, 0.29) is 0 Å². The molecule has 2 aliphatic rings. The van der Waals surface area contributed by atoms with Crippen molar-refractivity contribution >= 4 is 16.5 Å². The van der Waals surface area contributed by atoms with E-state index in [0.717, 1.165) is 29.9 Å². The van der Waals surface area contributed by atoms with Crippen LogP contribution in [0.25, 0.3) is 11.1 Å². The molecule has 2 aromatic carbocycles. The van der Waals surface area contributed by atoms with E-state index < -0.39 is 10.8 Å². The van der Waals surface area contributed by atoms with Gasteiger partial charge in [0.1, 0.15) is 0 Å². The minimum atomic E-state index is -0.710. The number of nitrogens with zero attached hydrogens (tertiary/aromatic N) is 4. The third-order valence-corrected chi connectivity index (χ3v) is 6.32. The van der Waals surface area contributed by atoms with Gasteiger partial charge < -0.3 is 9.80 Å². The van der Waals surface area contributed by atoms with Crippen LogP contribution in [0.2, 0.25) is 0 Å². The van der Waals surface area contributed by atoms with Gasteiger partial charge in [0.25, 0.3) is 0 Å². The van der Waals surface area contributed by atoms with Crippen molar-refractivity contribution in [1.82, 2.24) is 4.90 Å². The molecule has 0 aromatic heterocycles. The van der Waals surface area contributed by atoms with Crippen molar-refractivity contribution in [2.45, 2.75) is 13.1 Å². The second kappa shape index (κ2) is 6.82. The van der Waals surface area contributed by atoms with E-state index in [9.17, 15) is 9.47 Å². The molecule has 0 unspecified atom stereocenters. The standard InChI is InChI=1S/C20H18N4OS/c21-11-15-1-3-16(4-2-15)19-10-18(24-5-7-26(25)8-6-24)9-17-12-23(14-22)13-20(17)19/h1-4,9-10H,5-8,12-13H2. The molecule has 4 rings (SSSR count). The minimum absolute atomic E-state index is 0.617. The normalized spacial score (nSPS) is 16.8. The molecule has 2 aliphatic heterocycles. The second-order valence-electron chi connectivity index (χ2n) is 6.61. The molecule has 2 heterocycles. The summed E-state index contributed by atoms with van der Waals surface area (Å²) < 4.78 is 11.7. The molecule has 0 amide bonds. The van der Waals surface area contributed by atoms with E-state index >= 15 is 0 Å². The van der Waals surface area contributed by atoms with Gasteiger partial charge in [-0.25, -0.2) is 0 Å². The molecule has 5 nitrogen and oxygen atoms in total. The molecule has 0 spiro atoms. The van der Waals surface area contributed by atoms with Crippen molar-refractivity contribution in [3.05, 3.63) is 53.1 Å². The Kier molecular flexibility index (Phi) is 4.36. The van der Waals surface area contributed by atoms with Crippen LogP contribution >= 0.6 is 0 Å². The zero-order valence-corrected chi connectivity index (χ0v) is 15.1. The Labute approximate surface area is 155 Å². The molecule has 1 saturated heterocycles. The number of fused-ring (bicyclic) bond motifs is 1. The molecule has 6 heteroatoms. The second-order valence-corrected chi connectivity index (χ2v) is 8.31. The molecular formula is C20H18N4OS. The highest BCUT2D eigenvalue weighted by molar-refractivity contribution is 7.85. The van der Waals surface area contributed by atoms with Crippen molar-refractivity contribution in [2.24, 2.45) is 0 Å². The maximum Gasteiger partial charge on any atom is 0.179 e. The van der Waals surface area contributed by atoms with E-state index in [1.54, 1.807) is 4.90 Å². The van der Waals surface area contributed by atoms with Crippen LogP contribution in [-0.4, -0.2) is 33.7 Å². The Balaban J connectivity index is 1.77. The summed E-state index contributed by atoms with van der Waals surface area (Å²) in [6.45, 7) is 2.83. The molecular weight excluding hydrogens is 344 g/mol. The summed E-state index contributed by atoms with van der Waals surface area (Å²) in [5.74, 6) is 1.40. The van der Waals surface area contributed by atoms with Gasteiger partial charge in [-0.15, -0.1) is 0 Å². The van der Waals surface area contributed by atoms with Crippen LogP contribution in [0.15, 0.2) is 36.4 Å². The van der Waals surface area contributed by atoms with Crippen LogP contribution in [-0.2, 0) is 23.9 Å². The summed E-state index contributed by atoms with van der Waals surface area (Å²) >= 11 is 0. The minimum Gasteiger partial charge on any atom is -0.370 e. The van der Waals surface area contributed by atoms with Crippen LogP contribution in [0.1, 0.15) is 16.7 Å². The molecule has 0 N–H and O–H groups in total. The van der Waals surface area contributed by atoms with Gasteiger partial charge in [-0.3, -0.25) is 4.21 Å². The lowest BCUT2D eigenvalue weighted by molar-refractivity contribution is 0.417. The van der Waals surface area contributed by atoms with Crippen LogP contribution in [0, 0.1) is 22.8 Å². The average molecular weight is 362 g/mol. The molecule has 0 saturated carbocycles. The first-order valence-corrected chi connectivity index (χ1v) is 10.1. The van der Waals surface area contributed by atoms with Crippen molar-refractivity contribution in [3.8, 4) is 23.4 Å². The topological polar surface area (TPSA) is 71.1 Å². The van der Waals surface area contributed by atoms with Crippen molar-refractivity contribution < 1.29 is 4.21 Å². The smallest absolute Gasteiger partial charge is 0.179 e. The van der Waals surface area contributed by atoms with E-state index in [2.05, 4.69) is 29.3 Å². The van der Waals surface area contributed by atoms with E-state index in [0.29, 0.717) is 30.2 Å². The first-order valence-electron chi connectivity index (χ1n) is 8.59. The molecule has 0 radical (unpaired) electrons. The number of benzene rings is 2. The van der Waals surface area contributed by atoms with Gasteiger partial charge in [-0.2, -0.15) is 10.5 Å². The van der Waals surface area contributed by atoms with Crippen LogP contribution < -0.4 is 4.90 Å². The first kappa shape index (κ1) is 16.6. The number of hydrogen-bond donors (Lipinski definition) is 0. The number of anilines is 1. The summed E-state index contributed by atoms with van der Waals surface area (Å²) in [5.41, 5.74) is 6.29. The largest absolute Gasteiger partial charge is 0.370 e. The fraction of sp³-hybridized carbons (Fsp3) is 0.300. The Morgan fingerprint density at radius 2 is 1.73 bits per heavy atom. The summed E-state index contributed by atoms with van der Waals surface area (Å²) in [6, 6.07) is 14.1. The molecule has 130 valence electrons. The fourth-order valence-electron chi connectivity index (χ4n) is 3.63. The zero-order chi connectivity index (χ0) is 18.1. The van der Waals surface area contributed by atoms with Crippen LogP contribution in [0.3, 0.4) is 0 Å². The number of rotatable bonds is 2. The Morgan fingerprint density at radius 3 is 2.38 bits per heavy atom. The summed E-state index contributed by atoms with van der Waals surface area (Å²) in [7, 11) is -0.710. The van der Waals surface area contributed by atoms with Gasteiger partial charge in [-0.1, -0.05) is 12.1 Å². The highest BCUT2D eigenvalue weighted by atomic mass is 32.2. The molecule has 1 fully saturated rings. The van der Waals surface area contributed by atoms with E-state index in [1.165, 1.54) is 11.1 Å². The summed E-state index contributed by atoms with van der Waals surface area (Å²) in [6.07, 6.45) is 2.25. The lowest BCUT2D eigenvalue weighted by Gasteiger charge is -2.29. The molecule has 0 bridgehead atoms. The molecule has 0 aliphatic carbocycles. The van der Waals surface area contributed by atoms with Crippen molar-refractivity contribution in [3.63, 3.8) is 0 Å². The monoisotopic (exact) mass is 362 g/mol. The quantitative estimate of drug-likeness (QED) is 0.768. The maximum absolute atomic E-state index is 11.7. The highest BCUT2D eigenvalue weighted by Crippen LogP contribution is 2.37. The third-order valence-electron chi connectivity index (χ3n) is 5.05. The van der Waals surface area contributed by atoms with Gasteiger partial charge in [0, 0.05) is 41.1 Å². The predicted octanol–water partition coefficient (Wildman–Crippen LogP) is 2.59. The van der Waals surface area contributed by atoms with Gasteiger partial charge >= 0.3 is 0 Å². The zero-order valence-electron chi connectivity index (χ0n) is 14.3. The fourth-order valence-corrected chi connectivity index (χ4v) is 4.68. The highest BCUT2D eigenvalue weighted by Gasteiger charge is 2.25. The van der Waals surface area contributed by atoms with Gasteiger partial charge in [0.05, 0.1) is 24.7 Å². The molecule has 26 heavy (non-hydrogen) atoms. The van der Waals surface area contributed by atoms with E-state index in [4.69, 9.17) is 5.26 Å². The third kappa shape index (κ3) is 3.05. The number of hydrogen-bond acceptors (Lipinski definition) is 5. The average Bonchev–Trinajstić information content (AvgIpc) is 3.11. The van der Waals surface area contributed by atoms with Gasteiger partial charge in [-0.05, 0) is 46.5 Å². The molecule has 2 aromatic rings. The Hall–Kier alpha value is -2.83. The predicted molar refractivity (Wildman–Crippen MR) is 102 cm³/mol.